The lowest BCUT2D eigenvalue weighted by atomic mass is 10.1. The van der Waals surface area contributed by atoms with Crippen LogP contribution in [0.4, 0.5) is 0 Å². The number of methoxy groups -OCH3 is 3. The van der Waals surface area contributed by atoms with Crippen LogP contribution in [0.15, 0.2) is 12.1 Å². The van der Waals surface area contributed by atoms with E-state index in [1.165, 1.54) is 0 Å². The molecule has 0 spiro atoms. The zero-order chi connectivity index (χ0) is 19.2. The molecule has 1 N–H and O–H groups in total. The number of nitrogens with one attached hydrogen (secondary N) is 1. The minimum atomic E-state index is 0.553. The molecule has 1 aliphatic heterocycles. The maximum absolute atomic E-state index is 5.45. The third kappa shape index (κ3) is 4.42. The summed E-state index contributed by atoms with van der Waals surface area (Å²) in [5.74, 6) is 2.47. The van der Waals surface area contributed by atoms with Crippen molar-refractivity contribution in [3.63, 3.8) is 0 Å². The summed E-state index contributed by atoms with van der Waals surface area (Å²) in [6, 6.07) is 3.76. The van der Waals surface area contributed by atoms with Gasteiger partial charge < -0.3 is 23.5 Å². The highest BCUT2D eigenvalue weighted by atomic mass is 32.1. The van der Waals surface area contributed by atoms with E-state index < -0.39 is 0 Å². The Kier molecular flexibility index (Phi) is 6.70. The second-order valence-corrected chi connectivity index (χ2v) is 6.61. The van der Waals surface area contributed by atoms with Crippen molar-refractivity contribution in [1.29, 1.82) is 0 Å². The fourth-order valence-electron chi connectivity index (χ4n) is 3.23. The van der Waals surface area contributed by atoms with E-state index in [0.717, 1.165) is 57.2 Å². The molecule has 1 fully saturated rings. The average Bonchev–Trinajstić information content (AvgIpc) is 3.08. The van der Waals surface area contributed by atoms with Crippen molar-refractivity contribution in [2.75, 3.05) is 54.2 Å². The zero-order valence-corrected chi connectivity index (χ0v) is 16.8. The molecule has 2 heterocycles. The van der Waals surface area contributed by atoms with Crippen LogP contribution in [0.2, 0.25) is 0 Å². The van der Waals surface area contributed by atoms with E-state index in [2.05, 4.69) is 15.1 Å². The van der Waals surface area contributed by atoms with Crippen molar-refractivity contribution in [2.24, 2.45) is 0 Å². The molecule has 0 saturated carbocycles. The van der Waals surface area contributed by atoms with Gasteiger partial charge in [-0.2, -0.15) is 5.10 Å². The van der Waals surface area contributed by atoms with Crippen LogP contribution in [-0.2, 0) is 11.3 Å². The van der Waals surface area contributed by atoms with Crippen LogP contribution in [0.3, 0.4) is 0 Å². The Labute approximate surface area is 164 Å². The van der Waals surface area contributed by atoms with Crippen molar-refractivity contribution in [3.05, 3.63) is 16.9 Å². The molecule has 1 saturated heterocycles. The Bertz CT molecular complexity index is 789. The van der Waals surface area contributed by atoms with Crippen molar-refractivity contribution in [2.45, 2.75) is 13.0 Å². The van der Waals surface area contributed by atoms with Crippen molar-refractivity contribution in [3.8, 4) is 28.6 Å². The zero-order valence-electron chi connectivity index (χ0n) is 16.0. The standard InChI is InChI=1S/C18H26N4O4S/c1-23-14-11-13(12-15(24-2)16(14)25-3)17-19-20-18(27)22(17)6-4-5-21-7-9-26-10-8-21/h11-12H,4-10H2,1-3H3,(H,20,27). The Balaban J connectivity index is 1.82. The fourth-order valence-corrected chi connectivity index (χ4v) is 3.46. The summed E-state index contributed by atoms with van der Waals surface area (Å²) in [6.07, 6.45) is 0.977. The number of ether oxygens (including phenoxy) is 4. The van der Waals surface area contributed by atoms with E-state index in [0.29, 0.717) is 22.0 Å². The molecule has 1 aliphatic rings. The minimum absolute atomic E-state index is 0.553. The highest BCUT2D eigenvalue weighted by Gasteiger charge is 2.18. The molecule has 0 radical (unpaired) electrons. The van der Waals surface area contributed by atoms with Gasteiger partial charge in [0.05, 0.1) is 34.5 Å². The van der Waals surface area contributed by atoms with E-state index in [1.54, 1.807) is 21.3 Å². The summed E-state index contributed by atoms with van der Waals surface area (Å²) in [5.41, 5.74) is 0.850. The van der Waals surface area contributed by atoms with Gasteiger partial charge in [0.25, 0.3) is 0 Å². The molecular formula is C18H26N4O4S. The van der Waals surface area contributed by atoms with E-state index in [-0.39, 0.29) is 0 Å². The number of benzene rings is 1. The van der Waals surface area contributed by atoms with Crippen LogP contribution in [-0.4, -0.2) is 73.8 Å². The quantitative estimate of drug-likeness (QED) is 0.689. The number of morpholine rings is 1. The van der Waals surface area contributed by atoms with Gasteiger partial charge in [-0.25, -0.2) is 0 Å². The van der Waals surface area contributed by atoms with Gasteiger partial charge in [-0.3, -0.25) is 10.00 Å². The SMILES string of the molecule is COc1cc(-c2n[nH]c(=S)n2CCCN2CCOCC2)cc(OC)c1OC. The topological polar surface area (TPSA) is 73.8 Å². The van der Waals surface area contributed by atoms with Gasteiger partial charge in [0.2, 0.25) is 5.75 Å². The first-order chi connectivity index (χ1) is 13.2. The van der Waals surface area contributed by atoms with Crippen LogP contribution in [0.25, 0.3) is 11.4 Å². The van der Waals surface area contributed by atoms with Crippen LogP contribution < -0.4 is 14.2 Å². The first-order valence-electron chi connectivity index (χ1n) is 8.93. The smallest absolute Gasteiger partial charge is 0.203 e. The Morgan fingerprint density at radius 3 is 2.33 bits per heavy atom. The largest absolute Gasteiger partial charge is 0.493 e. The van der Waals surface area contributed by atoms with Crippen LogP contribution in [0.5, 0.6) is 17.2 Å². The summed E-state index contributed by atoms with van der Waals surface area (Å²) in [4.78, 5) is 2.41. The van der Waals surface area contributed by atoms with E-state index >= 15 is 0 Å². The second kappa shape index (κ2) is 9.20. The Hall–Kier alpha value is -2.10. The van der Waals surface area contributed by atoms with Crippen LogP contribution in [0.1, 0.15) is 6.42 Å². The molecule has 0 unspecified atom stereocenters. The second-order valence-electron chi connectivity index (χ2n) is 6.23. The van der Waals surface area contributed by atoms with Crippen molar-refractivity contribution in [1.82, 2.24) is 19.7 Å². The molecular weight excluding hydrogens is 368 g/mol. The normalized spacial score (nSPS) is 14.9. The summed E-state index contributed by atoms with van der Waals surface area (Å²) in [7, 11) is 4.78. The third-order valence-corrected chi connectivity index (χ3v) is 4.95. The Morgan fingerprint density at radius 1 is 1.07 bits per heavy atom. The molecule has 27 heavy (non-hydrogen) atoms. The predicted molar refractivity (Wildman–Crippen MR) is 104 cm³/mol. The minimum Gasteiger partial charge on any atom is -0.493 e. The van der Waals surface area contributed by atoms with Gasteiger partial charge in [0.1, 0.15) is 0 Å². The van der Waals surface area contributed by atoms with Crippen molar-refractivity contribution >= 4 is 12.2 Å². The number of rotatable bonds is 8. The maximum atomic E-state index is 5.45. The number of aromatic nitrogens is 3. The van der Waals surface area contributed by atoms with E-state index in [4.69, 9.17) is 31.2 Å². The third-order valence-electron chi connectivity index (χ3n) is 4.64. The summed E-state index contributed by atoms with van der Waals surface area (Å²) in [5, 5.41) is 7.31. The molecule has 8 nitrogen and oxygen atoms in total. The maximum Gasteiger partial charge on any atom is 0.203 e. The van der Waals surface area contributed by atoms with Gasteiger partial charge in [0.15, 0.2) is 22.1 Å². The lowest BCUT2D eigenvalue weighted by Gasteiger charge is -2.26. The first kappa shape index (κ1) is 19.7. The molecule has 148 valence electrons. The molecule has 1 aromatic heterocycles. The molecule has 0 aliphatic carbocycles. The Morgan fingerprint density at radius 2 is 1.74 bits per heavy atom. The van der Waals surface area contributed by atoms with Gasteiger partial charge >= 0.3 is 0 Å². The molecule has 1 aromatic carbocycles. The highest BCUT2D eigenvalue weighted by molar-refractivity contribution is 7.71. The van der Waals surface area contributed by atoms with Crippen molar-refractivity contribution < 1.29 is 18.9 Å². The number of hydrogen-bond donors (Lipinski definition) is 1. The lowest BCUT2D eigenvalue weighted by molar-refractivity contribution is 0.0369. The van der Waals surface area contributed by atoms with Gasteiger partial charge in [-0.15, -0.1) is 0 Å². The summed E-state index contributed by atoms with van der Waals surface area (Å²) >= 11 is 5.44. The molecule has 3 rings (SSSR count). The molecule has 0 bridgehead atoms. The van der Waals surface area contributed by atoms with Gasteiger partial charge in [-0.1, -0.05) is 0 Å². The van der Waals surface area contributed by atoms with Crippen LogP contribution in [0, 0.1) is 4.77 Å². The highest BCUT2D eigenvalue weighted by Crippen LogP contribution is 2.40. The van der Waals surface area contributed by atoms with Gasteiger partial charge in [-0.05, 0) is 30.8 Å². The number of nitrogens with zero attached hydrogens (tertiary/aromatic N) is 3. The fraction of sp³-hybridized carbons (Fsp3) is 0.556. The predicted octanol–water partition coefficient (Wildman–Crippen LogP) is 2.36. The van der Waals surface area contributed by atoms with E-state index in [1.807, 2.05) is 16.7 Å². The van der Waals surface area contributed by atoms with E-state index in [9.17, 15) is 0 Å². The lowest BCUT2D eigenvalue weighted by Crippen LogP contribution is -2.37. The average molecular weight is 394 g/mol. The van der Waals surface area contributed by atoms with Crippen LogP contribution >= 0.6 is 12.2 Å². The molecule has 2 aromatic rings. The first-order valence-corrected chi connectivity index (χ1v) is 9.34. The summed E-state index contributed by atoms with van der Waals surface area (Å²) < 4.78 is 24.3. The monoisotopic (exact) mass is 394 g/mol. The van der Waals surface area contributed by atoms with Gasteiger partial charge in [0, 0.05) is 31.7 Å². The molecule has 0 amide bonds. The number of hydrogen-bond acceptors (Lipinski definition) is 7. The summed E-state index contributed by atoms with van der Waals surface area (Å²) in [6.45, 7) is 5.36. The number of aromatic amines is 1. The molecule has 0 atom stereocenters. The number of H-pyrrole nitrogens is 1. The molecule has 9 heteroatoms.